The molecule has 3 saturated heterocycles. The van der Waals surface area contributed by atoms with Crippen LogP contribution in [-0.4, -0.2) is 61.5 Å². The molecular formula is C26H53N3Si. The lowest BCUT2D eigenvalue weighted by Gasteiger charge is -2.57. The molecule has 3 nitrogen and oxygen atoms in total. The molecule has 1 unspecified atom stereocenters. The van der Waals surface area contributed by atoms with Crippen molar-refractivity contribution in [1.29, 1.82) is 0 Å². The topological polar surface area (TPSA) is 9.72 Å². The van der Waals surface area contributed by atoms with E-state index in [1.54, 1.807) is 0 Å². The van der Waals surface area contributed by atoms with E-state index in [4.69, 9.17) is 0 Å². The predicted molar refractivity (Wildman–Crippen MR) is 134 cm³/mol. The Kier molecular flexibility index (Phi) is 11.2. The molecule has 0 aromatic carbocycles. The van der Waals surface area contributed by atoms with Crippen molar-refractivity contribution in [2.24, 2.45) is 0 Å². The molecule has 0 radical (unpaired) electrons. The van der Waals surface area contributed by atoms with E-state index in [2.05, 4.69) is 27.5 Å². The Balaban J connectivity index is 2.01. The van der Waals surface area contributed by atoms with Crippen LogP contribution in [0.15, 0.2) is 0 Å². The van der Waals surface area contributed by atoms with Crippen molar-refractivity contribution in [3.05, 3.63) is 0 Å². The number of hydrogen-bond donors (Lipinski definition) is 0. The van der Waals surface area contributed by atoms with Crippen LogP contribution in [0.4, 0.5) is 0 Å². The van der Waals surface area contributed by atoms with Crippen LogP contribution in [0.5, 0.6) is 0 Å². The largest absolute Gasteiger partial charge is 0.299 e. The minimum atomic E-state index is -1.87. The molecule has 3 heterocycles. The molecule has 3 fully saturated rings. The fraction of sp³-hybridized carbons (Fsp3) is 1.00. The normalized spacial score (nSPS) is 25.4. The second kappa shape index (κ2) is 13.6. The summed E-state index contributed by atoms with van der Waals surface area (Å²) in [6.45, 7) is 13.3. The highest BCUT2D eigenvalue weighted by molar-refractivity contribution is 6.73. The summed E-state index contributed by atoms with van der Waals surface area (Å²) in [5, 5.41) is 0. The molecule has 4 heteroatoms. The lowest BCUT2D eigenvalue weighted by molar-refractivity contribution is 0.225. The van der Waals surface area contributed by atoms with Gasteiger partial charge in [0, 0.05) is 0 Å². The van der Waals surface area contributed by atoms with Crippen molar-refractivity contribution in [2.75, 3.05) is 39.3 Å². The smallest absolute Gasteiger partial charge is 0.292 e. The third-order valence-corrected chi connectivity index (χ3v) is 14.3. The first-order valence-electron chi connectivity index (χ1n) is 14.1. The highest BCUT2D eigenvalue weighted by Gasteiger charge is 2.55. The summed E-state index contributed by atoms with van der Waals surface area (Å²) in [4.78, 5) is 0. The Labute approximate surface area is 190 Å². The van der Waals surface area contributed by atoms with Crippen molar-refractivity contribution in [3.63, 3.8) is 0 Å². The van der Waals surface area contributed by atoms with Crippen molar-refractivity contribution in [2.45, 2.75) is 129 Å². The van der Waals surface area contributed by atoms with Gasteiger partial charge in [-0.3, -0.25) is 13.7 Å². The molecule has 0 aliphatic carbocycles. The van der Waals surface area contributed by atoms with Gasteiger partial charge in [-0.05, 0) is 89.8 Å². The van der Waals surface area contributed by atoms with Crippen LogP contribution >= 0.6 is 0 Å². The van der Waals surface area contributed by atoms with E-state index in [9.17, 15) is 0 Å². The van der Waals surface area contributed by atoms with Gasteiger partial charge in [0.2, 0.25) is 0 Å². The molecule has 0 aromatic rings. The Bertz CT molecular complexity index is 383. The molecule has 176 valence electrons. The maximum atomic E-state index is 3.19. The number of nitrogens with zero attached hydrogens (tertiary/aromatic N) is 3. The molecule has 0 bridgehead atoms. The van der Waals surface area contributed by atoms with Crippen LogP contribution in [0.2, 0.25) is 5.54 Å². The third kappa shape index (κ3) is 6.11. The second-order valence-corrected chi connectivity index (χ2v) is 14.6. The SMILES string of the molecule is CCCCCC(CC)[Si](N1CCCCCC1)(N1CCCCCC1)N1CCCCCC1. The molecule has 3 aliphatic heterocycles. The monoisotopic (exact) mass is 435 g/mol. The quantitative estimate of drug-likeness (QED) is 0.287. The van der Waals surface area contributed by atoms with Crippen LogP contribution in [0.25, 0.3) is 0 Å². The highest BCUT2D eigenvalue weighted by Crippen LogP contribution is 2.41. The minimum Gasteiger partial charge on any atom is -0.299 e. The molecule has 30 heavy (non-hydrogen) atoms. The lowest BCUT2D eigenvalue weighted by atomic mass is 10.1. The van der Waals surface area contributed by atoms with Gasteiger partial charge in [-0.2, -0.15) is 0 Å². The fourth-order valence-electron chi connectivity index (χ4n) is 6.89. The minimum absolute atomic E-state index is 0.929. The highest BCUT2D eigenvalue weighted by atomic mass is 28.4. The Hall–Kier alpha value is 0.0969. The molecule has 0 saturated carbocycles. The van der Waals surface area contributed by atoms with Crippen molar-refractivity contribution < 1.29 is 0 Å². The van der Waals surface area contributed by atoms with Crippen LogP contribution in [-0.2, 0) is 0 Å². The van der Waals surface area contributed by atoms with Gasteiger partial charge in [0.1, 0.15) is 0 Å². The summed E-state index contributed by atoms with van der Waals surface area (Å²) in [6.07, 6.45) is 24.6. The molecular weight excluding hydrogens is 382 g/mol. The van der Waals surface area contributed by atoms with Gasteiger partial charge in [0.15, 0.2) is 0 Å². The summed E-state index contributed by atoms with van der Waals surface area (Å²) in [7, 11) is -1.87. The molecule has 0 spiro atoms. The van der Waals surface area contributed by atoms with Crippen molar-refractivity contribution in [3.8, 4) is 0 Å². The van der Waals surface area contributed by atoms with E-state index in [0.717, 1.165) is 5.54 Å². The zero-order valence-corrected chi connectivity index (χ0v) is 21.7. The zero-order chi connectivity index (χ0) is 21.1. The summed E-state index contributed by atoms with van der Waals surface area (Å²) in [5.41, 5.74) is 0.929. The fourth-order valence-corrected chi connectivity index (χ4v) is 13.7. The molecule has 1 atom stereocenters. The lowest BCUT2D eigenvalue weighted by Crippen LogP contribution is -2.77. The van der Waals surface area contributed by atoms with Crippen LogP contribution < -0.4 is 0 Å². The van der Waals surface area contributed by atoms with Gasteiger partial charge in [-0.1, -0.05) is 78.1 Å². The first-order chi connectivity index (χ1) is 14.8. The number of unbranched alkanes of at least 4 members (excludes halogenated alkanes) is 2. The van der Waals surface area contributed by atoms with Crippen LogP contribution in [0, 0.1) is 0 Å². The molecule has 0 aromatic heterocycles. The maximum absolute atomic E-state index is 3.19. The van der Waals surface area contributed by atoms with E-state index in [1.165, 1.54) is 148 Å². The number of rotatable bonds is 9. The van der Waals surface area contributed by atoms with Gasteiger partial charge in [0.25, 0.3) is 8.56 Å². The van der Waals surface area contributed by atoms with Crippen LogP contribution in [0.3, 0.4) is 0 Å². The van der Waals surface area contributed by atoms with Gasteiger partial charge < -0.3 is 0 Å². The van der Waals surface area contributed by atoms with Crippen LogP contribution in [0.1, 0.15) is 123 Å². The Morgan fingerprint density at radius 1 is 0.533 bits per heavy atom. The van der Waals surface area contributed by atoms with E-state index >= 15 is 0 Å². The van der Waals surface area contributed by atoms with E-state index in [1.807, 2.05) is 0 Å². The third-order valence-electron chi connectivity index (χ3n) is 8.41. The first kappa shape index (κ1) is 24.7. The Morgan fingerprint density at radius 2 is 0.900 bits per heavy atom. The maximum Gasteiger partial charge on any atom is 0.292 e. The average molecular weight is 436 g/mol. The summed E-state index contributed by atoms with van der Waals surface area (Å²) in [5.74, 6) is 0. The summed E-state index contributed by atoms with van der Waals surface area (Å²) < 4.78 is 9.57. The van der Waals surface area contributed by atoms with Gasteiger partial charge in [-0.25, -0.2) is 0 Å². The standard InChI is InChI=1S/C26H53N3Si/c1-3-5-12-19-26(4-2)30(27-20-13-6-7-14-21-27,28-22-15-8-9-16-23-28)29-24-17-10-11-18-25-29/h26H,3-25H2,1-2H3. The summed E-state index contributed by atoms with van der Waals surface area (Å²) in [6, 6.07) is 0. The summed E-state index contributed by atoms with van der Waals surface area (Å²) >= 11 is 0. The first-order valence-corrected chi connectivity index (χ1v) is 16.0. The van der Waals surface area contributed by atoms with E-state index < -0.39 is 8.56 Å². The van der Waals surface area contributed by atoms with E-state index in [-0.39, 0.29) is 0 Å². The molecule has 3 rings (SSSR count). The number of hydrogen-bond acceptors (Lipinski definition) is 3. The zero-order valence-electron chi connectivity index (χ0n) is 20.7. The molecule has 0 N–H and O–H groups in total. The Morgan fingerprint density at radius 3 is 1.20 bits per heavy atom. The van der Waals surface area contributed by atoms with Crippen molar-refractivity contribution >= 4 is 8.56 Å². The predicted octanol–water partition coefficient (Wildman–Crippen LogP) is 6.91. The average Bonchev–Trinajstić information content (AvgIpc) is 3.30. The van der Waals surface area contributed by atoms with Gasteiger partial charge >= 0.3 is 0 Å². The van der Waals surface area contributed by atoms with Gasteiger partial charge in [-0.15, -0.1) is 0 Å². The molecule has 3 aliphatic rings. The van der Waals surface area contributed by atoms with Crippen molar-refractivity contribution in [1.82, 2.24) is 13.7 Å². The van der Waals surface area contributed by atoms with E-state index in [0.29, 0.717) is 0 Å². The molecule has 0 amide bonds. The van der Waals surface area contributed by atoms with Gasteiger partial charge in [0.05, 0.1) is 0 Å². The second-order valence-electron chi connectivity index (χ2n) is 10.5.